The van der Waals surface area contributed by atoms with Gasteiger partial charge in [0.25, 0.3) is 0 Å². The molecule has 0 N–H and O–H groups in total. The zero-order valence-electron chi connectivity index (χ0n) is 6.61. The van der Waals surface area contributed by atoms with E-state index in [4.69, 9.17) is 11.6 Å². The highest BCUT2D eigenvalue weighted by Gasteiger charge is 2.28. The van der Waals surface area contributed by atoms with Crippen LogP contribution in [0.15, 0.2) is 18.3 Å². The normalized spacial score (nSPS) is 11.7. The van der Waals surface area contributed by atoms with E-state index < -0.39 is 12.6 Å². The zero-order valence-corrected chi connectivity index (χ0v) is 7.36. The largest absolute Gasteiger partial charge is 0.394 e. The summed E-state index contributed by atoms with van der Waals surface area (Å²) in [4.78, 5) is 3.63. The van der Waals surface area contributed by atoms with Crippen LogP contribution < -0.4 is 0 Å². The van der Waals surface area contributed by atoms with E-state index in [2.05, 4.69) is 4.98 Å². The first-order chi connectivity index (χ1) is 6.01. The fourth-order valence-corrected chi connectivity index (χ4v) is 1.00. The Bertz CT molecular complexity index is 268. The van der Waals surface area contributed by atoms with Crippen LogP contribution in [0.2, 0.25) is 0 Å². The van der Waals surface area contributed by atoms with Gasteiger partial charge < -0.3 is 0 Å². The number of nitrogens with zero attached hydrogens (tertiary/aromatic N) is 1. The van der Waals surface area contributed by atoms with Gasteiger partial charge in [-0.25, -0.2) is 0 Å². The summed E-state index contributed by atoms with van der Waals surface area (Å²) in [6, 6.07) is 2.88. The van der Waals surface area contributed by atoms with Gasteiger partial charge in [-0.3, -0.25) is 4.98 Å². The number of aromatic nitrogens is 1. The Morgan fingerprint density at radius 3 is 2.38 bits per heavy atom. The first-order valence-electron chi connectivity index (χ1n) is 3.58. The molecule has 72 valence electrons. The van der Waals surface area contributed by atoms with Crippen molar-refractivity contribution in [1.82, 2.24) is 4.98 Å². The summed E-state index contributed by atoms with van der Waals surface area (Å²) < 4.78 is 35.6. The van der Waals surface area contributed by atoms with Gasteiger partial charge in [-0.1, -0.05) is 6.07 Å². The molecule has 1 aromatic rings. The number of rotatable bonds is 2. The van der Waals surface area contributed by atoms with Gasteiger partial charge in [0.15, 0.2) is 0 Å². The van der Waals surface area contributed by atoms with Gasteiger partial charge in [0, 0.05) is 17.8 Å². The molecule has 0 atom stereocenters. The summed E-state index contributed by atoms with van der Waals surface area (Å²) in [5.41, 5.74) is 0.731. The third kappa shape index (κ3) is 3.63. The molecule has 1 aromatic heterocycles. The molecule has 13 heavy (non-hydrogen) atoms. The molecule has 0 saturated carbocycles. The van der Waals surface area contributed by atoms with E-state index >= 15 is 0 Å². The van der Waals surface area contributed by atoms with Crippen molar-refractivity contribution in [1.29, 1.82) is 0 Å². The Morgan fingerprint density at radius 2 is 2.00 bits per heavy atom. The minimum atomic E-state index is -4.20. The van der Waals surface area contributed by atoms with Crippen LogP contribution in [0.4, 0.5) is 13.2 Å². The molecule has 0 aliphatic rings. The topological polar surface area (TPSA) is 12.9 Å². The minimum Gasteiger partial charge on any atom is -0.261 e. The molecule has 0 aliphatic heterocycles. The van der Waals surface area contributed by atoms with Gasteiger partial charge in [0.05, 0.1) is 6.42 Å². The van der Waals surface area contributed by atoms with Crippen molar-refractivity contribution in [2.75, 3.05) is 0 Å². The van der Waals surface area contributed by atoms with Crippen molar-refractivity contribution in [3.63, 3.8) is 0 Å². The molecule has 0 aromatic carbocycles. The van der Waals surface area contributed by atoms with E-state index in [0.29, 0.717) is 5.56 Å². The van der Waals surface area contributed by atoms with E-state index in [1.807, 2.05) is 0 Å². The molecule has 5 heteroatoms. The molecule has 0 saturated heterocycles. The quantitative estimate of drug-likeness (QED) is 0.683. The van der Waals surface area contributed by atoms with Crippen LogP contribution in [0, 0.1) is 0 Å². The van der Waals surface area contributed by atoms with Gasteiger partial charge in [0.2, 0.25) is 0 Å². The molecule has 0 amide bonds. The Hall–Kier alpha value is -0.770. The van der Waals surface area contributed by atoms with Crippen molar-refractivity contribution >= 4 is 11.6 Å². The smallest absolute Gasteiger partial charge is 0.261 e. The monoisotopic (exact) mass is 209 g/mol. The summed E-state index contributed by atoms with van der Waals surface area (Å²) in [6.45, 7) is 0. The molecule has 0 fully saturated rings. The van der Waals surface area contributed by atoms with Crippen LogP contribution in [0.25, 0.3) is 0 Å². The Kier molecular flexibility index (Phi) is 3.14. The third-order valence-electron chi connectivity index (χ3n) is 1.42. The highest BCUT2D eigenvalue weighted by atomic mass is 35.5. The molecular weight excluding hydrogens is 203 g/mol. The lowest BCUT2D eigenvalue weighted by Gasteiger charge is -2.05. The van der Waals surface area contributed by atoms with Crippen molar-refractivity contribution in [3.05, 3.63) is 29.6 Å². The van der Waals surface area contributed by atoms with Gasteiger partial charge in [0.1, 0.15) is 0 Å². The second-order valence-corrected chi connectivity index (χ2v) is 2.85. The lowest BCUT2D eigenvalue weighted by Crippen LogP contribution is -2.12. The van der Waals surface area contributed by atoms with Crippen molar-refractivity contribution < 1.29 is 13.2 Å². The minimum absolute atomic E-state index is 0.0152. The summed E-state index contributed by atoms with van der Waals surface area (Å²) in [5.74, 6) is 0.263. The molecular formula is C8H7ClF3N. The fourth-order valence-electron chi connectivity index (χ4n) is 0.844. The van der Waals surface area contributed by atoms with E-state index in [-0.39, 0.29) is 11.6 Å². The molecule has 0 unspecified atom stereocenters. The van der Waals surface area contributed by atoms with Crippen LogP contribution >= 0.6 is 11.6 Å². The van der Waals surface area contributed by atoms with E-state index in [9.17, 15) is 13.2 Å². The predicted octanol–water partition coefficient (Wildman–Crippen LogP) is 2.93. The van der Waals surface area contributed by atoms with Gasteiger partial charge in [-0.2, -0.15) is 13.2 Å². The molecule has 1 nitrogen and oxygen atoms in total. The number of hydrogen-bond donors (Lipinski definition) is 0. The molecule has 0 bridgehead atoms. The van der Waals surface area contributed by atoms with Crippen LogP contribution in [0.5, 0.6) is 0 Å². The zero-order chi connectivity index (χ0) is 9.90. The SMILES string of the molecule is FC(F)(F)Cc1ccc(CCl)cn1. The second-order valence-electron chi connectivity index (χ2n) is 2.58. The fraction of sp³-hybridized carbons (Fsp3) is 0.375. The Balaban J connectivity index is 2.70. The average molecular weight is 210 g/mol. The highest BCUT2D eigenvalue weighted by Crippen LogP contribution is 2.20. The maximum Gasteiger partial charge on any atom is 0.394 e. The Morgan fingerprint density at radius 1 is 1.31 bits per heavy atom. The predicted molar refractivity (Wildman–Crippen MR) is 43.6 cm³/mol. The van der Waals surface area contributed by atoms with Crippen LogP contribution in [-0.4, -0.2) is 11.2 Å². The van der Waals surface area contributed by atoms with E-state index in [0.717, 1.165) is 0 Å². The summed E-state index contributed by atoms with van der Waals surface area (Å²) in [7, 11) is 0. The van der Waals surface area contributed by atoms with E-state index in [1.165, 1.54) is 12.3 Å². The summed E-state index contributed by atoms with van der Waals surface area (Å²) in [6.07, 6.45) is -3.83. The highest BCUT2D eigenvalue weighted by molar-refractivity contribution is 6.17. The van der Waals surface area contributed by atoms with Crippen molar-refractivity contribution in [2.24, 2.45) is 0 Å². The first kappa shape index (κ1) is 10.3. The van der Waals surface area contributed by atoms with Crippen LogP contribution in [0.1, 0.15) is 11.3 Å². The van der Waals surface area contributed by atoms with Crippen LogP contribution in [0.3, 0.4) is 0 Å². The summed E-state index contributed by atoms with van der Waals surface area (Å²) in [5, 5.41) is 0. The number of alkyl halides is 4. The third-order valence-corrected chi connectivity index (χ3v) is 1.73. The van der Waals surface area contributed by atoms with Crippen molar-refractivity contribution in [2.45, 2.75) is 18.5 Å². The second kappa shape index (κ2) is 3.96. The maximum atomic E-state index is 11.9. The Labute approximate surface area is 78.5 Å². The van der Waals surface area contributed by atoms with Crippen LogP contribution in [-0.2, 0) is 12.3 Å². The first-order valence-corrected chi connectivity index (χ1v) is 4.11. The number of halogens is 4. The maximum absolute atomic E-state index is 11.9. The number of hydrogen-bond acceptors (Lipinski definition) is 1. The van der Waals surface area contributed by atoms with Gasteiger partial charge >= 0.3 is 6.18 Å². The van der Waals surface area contributed by atoms with Gasteiger partial charge in [-0.05, 0) is 11.6 Å². The standard InChI is InChI=1S/C8H7ClF3N/c9-4-6-1-2-7(13-5-6)3-8(10,11)12/h1-2,5H,3-4H2. The molecule has 0 aliphatic carbocycles. The lowest BCUT2D eigenvalue weighted by molar-refractivity contribution is -0.127. The molecule has 1 rings (SSSR count). The van der Waals surface area contributed by atoms with E-state index in [1.54, 1.807) is 6.07 Å². The molecule has 1 heterocycles. The molecule has 0 spiro atoms. The number of pyridine rings is 1. The lowest BCUT2D eigenvalue weighted by atomic mass is 10.2. The summed E-state index contributed by atoms with van der Waals surface area (Å²) >= 11 is 5.45. The van der Waals surface area contributed by atoms with Gasteiger partial charge in [-0.15, -0.1) is 11.6 Å². The molecule has 0 radical (unpaired) electrons. The van der Waals surface area contributed by atoms with Crippen molar-refractivity contribution in [3.8, 4) is 0 Å². The average Bonchev–Trinajstić information content (AvgIpc) is 2.03.